The van der Waals surface area contributed by atoms with E-state index < -0.39 is 0 Å². The Labute approximate surface area is 105 Å². The van der Waals surface area contributed by atoms with Gasteiger partial charge in [0.05, 0.1) is 0 Å². The first-order valence-corrected chi connectivity index (χ1v) is 7.09. The van der Waals surface area contributed by atoms with Gasteiger partial charge >= 0.3 is 0 Å². The Morgan fingerprint density at radius 1 is 1.35 bits per heavy atom. The van der Waals surface area contributed by atoms with Gasteiger partial charge in [0.25, 0.3) is 0 Å². The summed E-state index contributed by atoms with van der Waals surface area (Å²) in [7, 11) is 0. The van der Waals surface area contributed by atoms with E-state index in [9.17, 15) is 0 Å². The van der Waals surface area contributed by atoms with E-state index in [1.165, 1.54) is 37.2 Å². The second kappa shape index (κ2) is 5.02. The number of likely N-dealkylation sites (tertiary alicyclic amines) is 1. The first-order chi connectivity index (χ1) is 8.42. The maximum Gasteiger partial charge on any atom is 0.0490 e. The minimum absolute atomic E-state index is 0.677. The molecule has 1 aliphatic heterocycles. The van der Waals surface area contributed by atoms with Crippen molar-refractivity contribution in [2.24, 2.45) is 0 Å². The summed E-state index contributed by atoms with van der Waals surface area (Å²) in [6.45, 7) is 3.50. The molecule has 1 N–H and O–H groups in total. The molecule has 1 saturated heterocycles. The number of hydrogen-bond donors (Lipinski definition) is 1. The monoisotopic (exact) mass is 247 g/mol. The van der Waals surface area contributed by atoms with Crippen LogP contribution in [0.1, 0.15) is 30.0 Å². The summed E-state index contributed by atoms with van der Waals surface area (Å²) < 4.78 is 0. The minimum Gasteiger partial charge on any atom is -0.299 e. The summed E-state index contributed by atoms with van der Waals surface area (Å²) in [5.74, 6) is 0.677. The van der Waals surface area contributed by atoms with Crippen molar-refractivity contribution in [2.75, 3.05) is 13.1 Å². The van der Waals surface area contributed by atoms with E-state index in [2.05, 4.69) is 38.0 Å². The number of nitrogens with one attached hydrogen (secondary N) is 1. The molecular formula is C13H17N3S. The topological polar surface area (TPSA) is 31.9 Å². The lowest BCUT2D eigenvalue weighted by Crippen LogP contribution is -2.32. The van der Waals surface area contributed by atoms with E-state index in [0.717, 1.165) is 6.54 Å². The summed E-state index contributed by atoms with van der Waals surface area (Å²) in [5, 5.41) is 11.6. The molecule has 3 heterocycles. The van der Waals surface area contributed by atoms with Crippen LogP contribution >= 0.6 is 11.3 Å². The van der Waals surface area contributed by atoms with Gasteiger partial charge in [-0.3, -0.25) is 10.00 Å². The fraction of sp³-hybridized carbons (Fsp3) is 0.462. The molecule has 3 nitrogen and oxygen atoms in total. The predicted octanol–water partition coefficient (Wildman–Crippen LogP) is 2.85. The second-order valence-electron chi connectivity index (χ2n) is 4.69. The molecule has 0 amide bonds. The first-order valence-electron chi connectivity index (χ1n) is 6.14. The van der Waals surface area contributed by atoms with Gasteiger partial charge in [0.2, 0.25) is 0 Å². The highest BCUT2D eigenvalue weighted by atomic mass is 32.1. The molecule has 90 valence electrons. The number of hydrogen-bond acceptors (Lipinski definition) is 3. The van der Waals surface area contributed by atoms with Crippen LogP contribution in [-0.4, -0.2) is 28.2 Å². The van der Waals surface area contributed by atoms with Crippen molar-refractivity contribution in [2.45, 2.75) is 25.3 Å². The van der Waals surface area contributed by atoms with Gasteiger partial charge in [0.15, 0.2) is 0 Å². The number of aromatic amines is 1. The standard InChI is InChI=1S/C13H17N3S/c1-5-14-15-13(1)12-2-6-16(7-3-12)9-11-4-8-17-10-11/h1,4-5,8,10,12H,2-3,6-7,9H2,(H,14,15). The van der Waals surface area contributed by atoms with Crippen molar-refractivity contribution in [3.05, 3.63) is 40.3 Å². The van der Waals surface area contributed by atoms with E-state index >= 15 is 0 Å². The van der Waals surface area contributed by atoms with Crippen molar-refractivity contribution in [1.82, 2.24) is 15.1 Å². The van der Waals surface area contributed by atoms with Crippen LogP contribution in [-0.2, 0) is 6.54 Å². The van der Waals surface area contributed by atoms with E-state index in [4.69, 9.17) is 0 Å². The fourth-order valence-electron chi connectivity index (χ4n) is 2.54. The minimum atomic E-state index is 0.677. The van der Waals surface area contributed by atoms with Gasteiger partial charge in [-0.1, -0.05) is 0 Å². The molecule has 0 radical (unpaired) electrons. The Kier molecular flexibility index (Phi) is 3.25. The molecule has 0 spiro atoms. The Hall–Kier alpha value is -1.13. The van der Waals surface area contributed by atoms with E-state index in [1.807, 2.05) is 6.20 Å². The van der Waals surface area contributed by atoms with Gasteiger partial charge in [-0.25, -0.2) is 0 Å². The summed E-state index contributed by atoms with van der Waals surface area (Å²) in [6, 6.07) is 4.34. The molecule has 0 aliphatic carbocycles. The Bertz CT molecular complexity index is 427. The van der Waals surface area contributed by atoms with Crippen LogP contribution in [0.2, 0.25) is 0 Å². The van der Waals surface area contributed by atoms with Gasteiger partial charge < -0.3 is 0 Å². The zero-order chi connectivity index (χ0) is 11.5. The lowest BCUT2D eigenvalue weighted by Gasteiger charge is -2.31. The predicted molar refractivity (Wildman–Crippen MR) is 70.2 cm³/mol. The number of piperidine rings is 1. The molecule has 0 unspecified atom stereocenters. The van der Waals surface area contributed by atoms with Crippen LogP contribution in [0.4, 0.5) is 0 Å². The number of thiophene rings is 1. The molecule has 0 atom stereocenters. The fourth-order valence-corrected chi connectivity index (χ4v) is 3.20. The highest BCUT2D eigenvalue weighted by Gasteiger charge is 2.21. The summed E-state index contributed by atoms with van der Waals surface area (Å²) >= 11 is 1.79. The van der Waals surface area contributed by atoms with Crippen molar-refractivity contribution < 1.29 is 0 Å². The third-order valence-electron chi connectivity index (χ3n) is 3.54. The van der Waals surface area contributed by atoms with Gasteiger partial charge in [0, 0.05) is 24.4 Å². The quantitative estimate of drug-likeness (QED) is 0.904. The van der Waals surface area contributed by atoms with Gasteiger partial charge in [-0.15, -0.1) is 0 Å². The summed E-state index contributed by atoms with van der Waals surface area (Å²) in [4.78, 5) is 2.55. The normalized spacial score (nSPS) is 18.6. The number of rotatable bonds is 3. The van der Waals surface area contributed by atoms with Crippen molar-refractivity contribution >= 4 is 11.3 Å². The summed E-state index contributed by atoms with van der Waals surface area (Å²) in [6.07, 6.45) is 4.34. The molecule has 0 aromatic carbocycles. The molecule has 2 aromatic rings. The van der Waals surface area contributed by atoms with E-state index in [-0.39, 0.29) is 0 Å². The molecule has 2 aromatic heterocycles. The maximum atomic E-state index is 4.04. The average molecular weight is 247 g/mol. The zero-order valence-electron chi connectivity index (χ0n) is 9.80. The van der Waals surface area contributed by atoms with E-state index in [1.54, 1.807) is 11.3 Å². The van der Waals surface area contributed by atoms with Gasteiger partial charge in [0.1, 0.15) is 0 Å². The largest absolute Gasteiger partial charge is 0.299 e. The van der Waals surface area contributed by atoms with Crippen LogP contribution in [0.5, 0.6) is 0 Å². The molecule has 3 rings (SSSR count). The number of nitrogens with zero attached hydrogens (tertiary/aromatic N) is 2. The average Bonchev–Trinajstić information content (AvgIpc) is 3.01. The van der Waals surface area contributed by atoms with Crippen LogP contribution in [0, 0.1) is 0 Å². The number of H-pyrrole nitrogens is 1. The van der Waals surface area contributed by atoms with E-state index in [0.29, 0.717) is 5.92 Å². The number of aromatic nitrogens is 2. The van der Waals surface area contributed by atoms with Crippen LogP contribution in [0.15, 0.2) is 29.1 Å². The second-order valence-corrected chi connectivity index (χ2v) is 5.47. The van der Waals surface area contributed by atoms with Crippen LogP contribution in [0.25, 0.3) is 0 Å². The molecule has 17 heavy (non-hydrogen) atoms. The van der Waals surface area contributed by atoms with Crippen molar-refractivity contribution in [3.63, 3.8) is 0 Å². The Balaban J connectivity index is 1.54. The van der Waals surface area contributed by atoms with Crippen molar-refractivity contribution in [1.29, 1.82) is 0 Å². The Morgan fingerprint density at radius 3 is 2.88 bits per heavy atom. The molecule has 1 aliphatic rings. The maximum absolute atomic E-state index is 4.04. The SMILES string of the molecule is c1cc(C2CCN(Cc3ccsc3)CC2)[nH]n1. The van der Waals surface area contributed by atoms with Crippen molar-refractivity contribution in [3.8, 4) is 0 Å². The summed E-state index contributed by atoms with van der Waals surface area (Å²) in [5.41, 5.74) is 2.76. The highest BCUT2D eigenvalue weighted by Crippen LogP contribution is 2.27. The first kappa shape index (κ1) is 11.0. The van der Waals surface area contributed by atoms with Crippen LogP contribution in [0.3, 0.4) is 0 Å². The molecule has 0 bridgehead atoms. The molecule has 1 fully saturated rings. The smallest absolute Gasteiger partial charge is 0.0490 e. The Morgan fingerprint density at radius 2 is 2.24 bits per heavy atom. The lowest BCUT2D eigenvalue weighted by molar-refractivity contribution is 0.203. The molecule has 4 heteroatoms. The molecular weight excluding hydrogens is 230 g/mol. The highest BCUT2D eigenvalue weighted by molar-refractivity contribution is 7.07. The van der Waals surface area contributed by atoms with Crippen LogP contribution < -0.4 is 0 Å². The molecule has 0 saturated carbocycles. The van der Waals surface area contributed by atoms with Gasteiger partial charge in [-0.05, 0) is 54.4 Å². The third kappa shape index (κ3) is 2.58. The zero-order valence-corrected chi connectivity index (χ0v) is 10.6. The van der Waals surface area contributed by atoms with Gasteiger partial charge in [-0.2, -0.15) is 16.4 Å². The lowest BCUT2D eigenvalue weighted by atomic mass is 9.93. The third-order valence-corrected chi connectivity index (χ3v) is 4.27.